The SMILES string of the molecule is CC(C)c1ccsc1C(=O)NCCN1C(=O)S/C(=C\c2ccccc2F)C1=O. The number of benzene rings is 1. The molecule has 0 aliphatic carbocycles. The van der Waals surface area contributed by atoms with Crippen LogP contribution in [-0.4, -0.2) is 35.0 Å². The molecule has 1 aromatic heterocycles. The van der Waals surface area contributed by atoms with E-state index in [2.05, 4.69) is 5.32 Å². The number of hydrogen-bond donors (Lipinski definition) is 1. The molecule has 0 saturated carbocycles. The highest BCUT2D eigenvalue weighted by molar-refractivity contribution is 8.18. The van der Waals surface area contributed by atoms with E-state index in [4.69, 9.17) is 0 Å². The Morgan fingerprint density at radius 1 is 1.25 bits per heavy atom. The van der Waals surface area contributed by atoms with Crippen LogP contribution in [0.3, 0.4) is 0 Å². The highest BCUT2D eigenvalue weighted by Gasteiger charge is 2.34. The summed E-state index contributed by atoms with van der Waals surface area (Å²) in [6, 6.07) is 7.97. The summed E-state index contributed by atoms with van der Waals surface area (Å²) in [5.74, 6) is -0.922. The molecule has 5 nitrogen and oxygen atoms in total. The van der Waals surface area contributed by atoms with Gasteiger partial charge in [0.05, 0.1) is 9.78 Å². The smallest absolute Gasteiger partial charge is 0.293 e. The van der Waals surface area contributed by atoms with Gasteiger partial charge >= 0.3 is 0 Å². The molecule has 1 aliphatic heterocycles. The number of carbonyl (C=O) groups excluding carboxylic acids is 3. The quantitative estimate of drug-likeness (QED) is 0.703. The molecule has 0 radical (unpaired) electrons. The molecule has 28 heavy (non-hydrogen) atoms. The van der Waals surface area contributed by atoms with Crippen molar-refractivity contribution in [2.24, 2.45) is 0 Å². The van der Waals surface area contributed by atoms with E-state index < -0.39 is 17.0 Å². The number of imide groups is 1. The first-order valence-corrected chi connectivity index (χ1v) is 10.4. The van der Waals surface area contributed by atoms with Crippen molar-refractivity contribution in [3.8, 4) is 0 Å². The molecule has 1 aliphatic rings. The van der Waals surface area contributed by atoms with E-state index in [1.807, 2.05) is 25.3 Å². The van der Waals surface area contributed by atoms with Crippen LogP contribution in [0.1, 0.15) is 40.6 Å². The zero-order valence-electron chi connectivity index (χ0n) is 15.4. The Morgan fingerprint density at radius 3 is 2.71 bits per heavy atom. The van der Waals surface area contributed by atoms with Gasteiger partial charge in [-0.3, -0.25) is 19.3 Å². The summed E-state index contributed by atoms with van der Waals surface area (Å²) in [7, 11) is 0. The summed E-state index contributed by atoms with van der Waals surface area (Å²) in [5, 5.41) is 4.20. The van der Waals surface area contributed by atoms with Gasteiger partial charge in [0.2, 0.25) is 0 Å². The molecule has 2 heterocycles. The lowest BCUT2D eigenvalue weighted by atomic mass is 10.0. The molecule has 0 bridgehead atoms. The van der Waals surface area contributed by atoms with Gasteiger partial charge in [-0.15, -0.1) is 11.3 Å². The number of halogens is 1. The van der Waals surface area contributed by atoms with E-state index in [0.29, 0.717) is 4.88 Å². The zero-order valence-corrected chi connectivity index (χ0v) is 17.0. The van der Waals surface area contributed by atoms with Crippen LogP contribution in [0.25, 0.3) is 6.08 Å². The first-order chi connectivity index (χ1) is 13.4. The lowest BCUT2D eigenvalue weighted by molar-refractivity contribution is -0.122. The fourth-order valence-corrected chi connectivity index (χ4v) is 4.57. The van der Waals surface area contributed by atoms with Crippen molar-refractivity contribution in [2.75, 3.05) is 13.1 Å². The lowest BCUT2D eigenvalue weighted by Crippen LogP contribution is -2.37. The molecule has 3 rings (SSSR count). The number of hydrogen-bond acceptors (Lipinski definition) is 5. The first-order valence-electron chi connectivity index (χ1n) is 8.74. The van der Waals surface area contributed by atoms with Gasteiger partial charge in [-0.25, -0.2) is 4.39 Å². The molecular weight excluding hydrogens is 399 g/mol. The van der Waals surface area contributed by atoms with Gasteiger partial charge in [0.1, 0.15) is 5.82 Å². The second-order valence-electron chi connectivity index (χ2n) is 6.47. The van der Waals surface area contributed by atoms with E-state index in [-0.39, 0.29) is 35.4 Å². The van der Waals surface area contributed by atoms with Crippen molar-refractivity contribution >= 4 is 46.2 Å². The van der Waals surface area contributed by atoms with Crippen molar-refractivity contribution in [1.82, 2.24) is 10.2 Å². The minimum atomic E-state index is -0.480. The molecule has 8 heteroatoms. The van der Waals surface area contributed by atoms with Gasteiger partial charge in [-0.1, -0.05) is 32.0 Å². The molecule has 0 unspecified atom stereocenters. The summed E-state index contributed by atoms with van der Waals surface area (Å²) in [6.07, 6.45) is 1.37. The maximum Gasteiger partial charge on any atom is 0.293 e. The first kappa shape index (κ1) is 20.3. The summed E-state index contributed by atoms with van der Waals surface area (Å²) < 4.78 is 13.8. The van der Waals surface area contributed by atoms with Crippen molar-refractivity contribution < 1.29 is 18.8 Å². The Bertz CT molecular complexity index is 952. The normalized spacial score (nSPS) is 15.7. The van der Waals surface area contributed by atoms with E-state index in [1.165, 1.54) is 29.5 Å². The fraction of sp³-hybridized carbons (Fsp3) is 0.250. The molecule has 1 fully saturated rings. The van der Waals surface area contributed by atoms with Gasteiger partial charge < -0.3 is 5.32 Å². The number of thiophene rings is 1. The molecule has 0 spiro atoms. The maximum atomic E-state index is 13.8. The van der Waals surface area contributed by atoms with E-state index in [1.54, 1.807) is 12.1 Å². The Labute approximate surface area is 170 Å². The zero-order chi connectivity index (χ0) is 20.3. The van der Waals surface area contributed by atoms with Crippen LogP contribution in [0.2, 0.25) is 0 Å². The molecule has 2 aromatic rings. The second-order valence-corrected chi connectivity index (χ2v) is 8.38. The van der Waals surface area contributed by atoms with Crippen molar-refractivity contribution in [3.63, 3.8) is 0 Å². The van der Waals surface area contributed by atoms with Gasteiger partial charge in [0, 0.05) is 18.7 Å². The van der Waals surface area contributed by atoms with Gasteiger partial charge in [0.25, 0.3) is 17.1 Å². The molecule has 3 amide bonds. The number of amides is 3. The standard InChI is InChI=1S/C20H19FN2O3S2/c1-12(2)14-7-10-27-17(14)18(24)22-8-9-23-19(25)16(28-20(23)26)11-13-5-3-4-6-15(13)21/h3-7,10-12H,8-9H2,1-2H3,(H,22,24)/b16-11-. The molecule has 1 N–H and O–H groups in total. The molecule has 1 saturated heterocycles. The van der Waals surface area contributed by atoms with Crippen LogP contribution < -0.4 is 5.32 Å². The van der Waals surface area contributed by atoms with Crippen LogP contribution in [0, 0.1) is 5.82 Å². The molecule has 1 aromatic carbocycles. The lowest BCUT2D eigenvalue weighted by Gasteiger charge is -2.13. The van der Waals surface area contributed by atoms with Crippen LogP contribution >= 0.6 is 23.1 Å². The number of nitrogens with one attached hydrogen (secondary N) is 1. The van der Waals surface area contributed by atoms with E-state index in [9.17, 15) is 18.8 Å². The number of rotatable bonds is 6. The fourth-order valence-electron chi connectivity index (χ4n) is 2.75. The third kappa shape index (κ3) is 4.34. The Balaban J connectivity index is 1.61. The molecule has 146 valence electrons. The third-order valence-corrected chi connectivity index (χ3v) is 6.05. The van der Waals surface area contributed by atoms with Crippen LogP contribution in [-0.2, 0) is 4.79 Å². The maximum absolute atomic E-state index is 13.8. The highest BCUT2D eigenvalue weighted by Crippen LogP contribution is 2.32. The Kier molecular flexibility index (Phi) is 6.31. The summed E-state index contributed by atoms with van der Waals surface area (Å²) in [5.41, 5.74) is 1.22. The van der Waals surface area contributed by atoms with Crippen molar-refractivity contribution in [1.29, 1.82) is 0 Å². The summed E-state index contributed by atoms with van der Waals surface area (Å²) in [4.78, 5) is 38.8. The summed E-state index contributed by atoms with van der Waals surface area (Å²) >= 11 is 2.13. The average Bonchev–Trinajstić information content (AvgIpc) is 3.24. The topological polar surface area (TPSA) is 66.5 Å². The van der Waals surface area contributed by atoms with Crippen molar-refractivity contribution in [3.05, 3.63) is 62.4 Å². The molecular formula is C20H19FN2O3S2. The molecule has 0 atom stereocenters. The highest BCUT2D eigenvalue weighted by atomic mass is 32.2. The number of carbonyl (C=O) groups is 3. The van der Waals surface area contributed by atoms with Gasteiger partial charge in [0.15, 0.2) is 0 Å². The van der Waals surface area contributed by atoms with Gasteiger partial charge in [-0.05, 0) is 46.8 Å². The Hall–Kier alpha value is -2.45. The number of nitrogens with zero attached hydrogens (tertiary/aromatic N) is 1. The van der Waals surface area contributed by atoms with E-state index >= 15 is 0 Å². The van der Waals surface area contributed by atoms with Crippen LogP contribution in [0.5, 0.6) is 0 Å². The van der Waals surface area contributed by atoms with Crippen LogP contribution in [0.15, 0.2) is 40.6 Å². The summed E-state index contributed by atoms with van der Waals surface area (Å²) in [6.45, 7) is 4.24. The largest absolute Gasteiger partial charge is 0.350 e. The third-order valence-electron chi connectivity index (χ3n) is 4.21. The minimum Gasteiger partial charge on any atom is -0.350 e. The average molecular weight is 419 g/mol. The van der Waals surface area contributed by atoms with Gasteiger partial charge in [-0.2, -0.15) is 0 Å². The predicted octanol–water partition coefficient (Wildman–Crippen LogP) is 4.48. The monoisotopic (exact) mass is 418 g/mol. The minimum absolute atomic E-state index is 0.0629. The predicted molar refractivity (Wildman–Crippen MR) is 110 cm³/mol. The van der Waals surface area contributed by atoms with Crippen molar-refractivity contribution in [2.45, 2.75) is 19.8 Å². The number of thioether (sulfide) groups is 1. The Morgan fingerprint density at radius 2 is 2.00 bits per heavy atom. The van der Waals surface area contributed by atoms with E-state index in [0.717, 1.165) is 22.2 Å². The second kappa shape index (κ2) is 8.70. The van der Waals surface area contributed by atoms with Crippen LogP contribution in [0.4, 0.5) is 9.18 Å².